The summed E-state index contributed by atoms with van der Waals surface area (Å²) in [5.74, 6) is -2.32. The molecule has 3 rings (SSSR count). The molecule has 0 unspecified atom stereocenters. The Balaban J connectivity index is 1.74. The molecule has 1 aromatic carbocycles. The van der Waals surface area contributed by atoms with Crippen molar-refractivity contribution in [3.63, 3.8) is 0 Å². The number of halogens is 1. The van der Waals surface area contributed by atoms with Crippen molar-refractivity contribution >= 4 is 33.8 Å². The first kappa shape index (κ1) is 18.8. The summed E-state index contributed by atoms with van der Waals surface area (Å²) in [6, 6.07) is 2.73. The van der Waals surface area contributed by atoms with Crippen molar-refractivity contribution in [2.75, 3.05) is 11.9 Å². The van der Waals surface area contributed by atoms with E-state index in [0.717, 1.165) is 54.3 Å². The Labute approximate surface area is 157 Å². The van der Waals surface area contributed by atoms with Gasteiger partial charge >= 0.3 is 5.69 Å². The SMILES string of the molecule is NC(=O)c1c(NC(=O)COc2cc(F)ccc2[N+](=O)[O-])sc2c1CCCC2. The number of nitro benzene ring substituents is 1. The fraction of sp³-hybridized carbons (Fsp3) is 0.294. The number of thiophene rings is 1. The standard InChI is InChI=1S/C17H16FN3O5S/c18-9-5-6-11(21(24)25)12(7-9)26-8-14(22)20-17-15(16(19)23)10-3-1-2-4-13(10)27-17/h5-7H,1-4,8H2,(H2,19,23)(H,20,22). The summed E-state index contributed by atoms with van der Waals surface area (Å²) < 4.78 is 18.4. The van der Waals surface area contributed by atoms with Crippen LogP contribution in [0.4, 0.5) is 15.1 Å². The number of nitrogens with zero attached hydrogens (tertiary/aromatic N) is 1. The number of benzene rings is 1. The molecule has 1 aromatic heterocycles. The lowest BCUT2D eigenvalue weighted by atomic mass is 9.95. The molecule has 0 radical (unpaired) electrons. The lowest BCUT2D eigenvalue weighted by Crippen LogP contribution is -2.22. The van der Waals surface area contributed by atoms with Crippen molar-refractivity contribution < 1.29 is 23.6 Å². The number of nitrogens with two attached hydrogens (primary N) is 1. The van der Waals surface area contributed by atoms with Crippen molar-refractivity contribution in [3.05, 3.63) is 50.1 Å². The predicted molar refractivity (Wildman–Crippen MR) is 96.7 cm³/mol. The number of anilines is 1. The van der Waals surface area contributed by atoms with E-state index in [1.807, 2.05) is 0 Å². The molecule has 0 spiro atoms. The number of nitro groups is 1. The number of aryl methyl sites for hydroxylation is 1. The molecule has 1 aliphatic rings. The second-order valence-corrected chi connectivity index (χ2v) is 7.09. The van der Waals surface area contributed by atoms with Gasteiger partial charge in [-0.05, 0) is 37.3 Å². The third kappa shape index (κ3) is 4.05. The van der Waals surface area contributed by atoms with E-state index < -0.39 is 34.8 Å². The van der Waals surface area contributed by atoms with E-state index in [-0.39, 0.29) is 5.75 Å². The van der Waals surface area contributed by atoms with Crippen LogP contribution in [0.3, 0.4) is 0 Å². The van der Waals surface area contributed by atoms with Gasteiger partial charge in [0.25, 0.3) is 11.8 Å². The van der Waals surface area contributed by atoms with E-state index in [1.54, 1.807) is 0 Å². The Bertz CT molecular complexity index is 928. The Morgan fingerprint density at radius 2 is 2.07 bits per heavy atom. The molecule has 1 heterocycles. The fourth-order valence-electron chi connectivity index (χ4n) is 2.98. The van der Waals surface area contributed by atoms with Gasteiger partial charge in [0.1, 0.15) is 10.8 Å². The van der Waals surface area contributed by atoms with E-state index in [2.05, 4.69) is 5.32 Å². The monoisotopic (exact) mass is 393 g/mol. The fourth-order valence-corrected chi connectivity index (χ4v) is 4.29. The molecule has 0 aliphatic heterocycles. The Hall–Kier alpha value is -3.01. The van der Waals surface area contributed by atoms with Crippen LogP contribution in [0.1, 0.15) is 33.6 Å². The van der Waals surface area contributed by atoms with E-state index in [1.165, 1.54) is 11.3 Å². The first-order chi connectivity index (χ1) is 12.9. The summed E-state index contributed by atoms with van der Waals surface area (Å²) in [5, 5.41) is 13.9. The van der Waals surface area contributed by atoms with Crippen molar-refractivity contribution in [1.82, 2.24) is 0 Å². The summed E-state index contributed by atoms with van der Waals surface area (Å²) in [4.78, 5) is 35.2. The van der Waals surface area contributed by atoms with Crippen LogP contribution >= 0.6 is 11.3 Å². The summed E-state index contributed by atoms with van der Waals surface area (Å²) in [5.41, 5.74) is 6.19. The summed E-state index contributed by atoms with van der Waals surface area (Å²) in [7, 11) is 0. The highest BCUT2D eigenvalue weighted by atomic mass is 32.1. The topological polar surface area (TPSA) is 125 Å². The molecule has 8 nitrogen and oxygen atoms in total. The van der Waals surface area contributed by atoms with Crippen molar-refractivity contribution in [3.8, 4) is 5.75 Å². The first-order valence-corrected chi connectivity index (χ1v) is 8.99. The van der Waals surface area contributed by atoms with Crippen LogP contribution in [0.25, 0.3) is 0 Å². The highest BCUT2D eigenvalue weighted by molar-refractivity contribution is 7.17. The molecule has 3 N–H and O–H groups in total. The number of carbonyl (C=O) groups excluding carboxylic acids is 2. The van der Waals surface area contributed by atoms with Crippen molar-refractivity contribution in [1.29, 1.82) is 0 Å². The molecule has 1 aliphatic carbocycles. The van der Waals surface area contributed by atoms with E-state index in [0.29, 0.717) is 10.6 Å². The quantitative estimate of drug-likeness (QED) is 0.577. The van der Waals surface area contributed by atoms with Gasteiger partial charge in [0.05, 0.1) is 10.5 Å². The van der Waals surface area contributed by atoms with Crippen molar-refractivity contribution in [2.45, 2.75) is 25.7 Å². The highest BCUT2D eigenvalue weighted by Gasteiger charge is 2.25. The Morgan fingerprint density at radius 3 is 2.78 bits per heavy atom. The van der Waals surface area contributed by atoms with Crippen LogP contribution in [0.2, 0.25) is 0 Å². The zero-order valence-corrected chi connectivity index (χ0v) is 14.9. The number of ether oxygens (including phenoxy) is 1. The van der Waals surface area contributed by atoms with E-state index in [4.69, 9.17) is 10.5 Å². The molecule has 10 heteroatoms. The first-order valence-electron chi connectivity index (χ1n) is 8.17. The number of primary amides is 1. The average molecular weight is 393 g/mol. The van der Waals surface area contributed by atoms with Gasteiger partial charge < -0.3 is 15.8 Å². The van der Waals surface area contributed by atoms with Gasteiger partial charge in [0.15, 0.2) is 6.61 Å². The number of hydrogen-bond acceptors (Lipinski definition) is 6. The van der Waals surface area contributed by atoms with Gasteiger partial charge in [-0.25, -0.2) is 4.39 Å². The van der Waals surface area contributed by atoms with Crippen LogP contribution in [0.15, 0.2) is 18.2 Å². The number of fused-ring (bicyclic) bond motifs is 1. The summed E-state index contributed by atoms with van der Waals surface area (Å²) in [6.45, 7) is -0.578. The van der Waals surface area contributed by atoms with Gasteiger partial charge in [0, 0.05) is 17.0 Å². The summed E-state index contributed by atoms with van der Waals surface area (Å²) in [6.07, 6.45) is 3.50. The maximum absolute atomic E-state index is 13.3. The minimum absolute atomic E-state index is 0.305. The van der Waals surface area contributed by atoms with E-state index >= 15 is 0 Å². The van der Waals surface area contributed by atoms with Gasteiger partial charge in [-0.2, -0.15) is 0 Å². The maximum atomic E-state index is 13.3. The molecule has 0 saturated carbocycles. The highest BCUT2D eigenvalue weighted by Crippen LogP contribution is 2.38. The number of carbonyl (C=O) groups is 2. The third-order valence-corrected chi connectivity index (χ3v) is 5.36. The molecule has 2 amide bonds. The second kappa shape index (κ2) is 7.70. The molecule has 0 atom stereocenters. The zero-order valence-electron chi connectivity index (χ0n) is 14.1. The Morgan fingerprint density at radius 1 is 1.33 bits per heavy atom. The molecule has 0 saturated heterocycles. The van der Waals surface area contributed by atoms with Crippen LogP contribution < -0.4 is 15.8 Å². The zero-order chi connectivity index (χ0) is 19.6. The number of nitrogens with one attached hydrogen (secondary N) is 1. The molecular formula is C17H16FN3O5S. The van der Waals surface area contributed by atoms with Crippen LogP contribution in [0.5, 0.6) is 5.75 Å². The lowest BCUT2D eigenvalue weighted by molar-refractivity contribution is -0.385. The van der Waals surface area contributed by atoms with Crippen molar-refractivity contribution in [2.24, 2.45) is 5.73 Å². The van der Waals surface area contributed by atoms with Crippen LogP contribution in [0, 0.1) is 15.9 Å². The number of amides is 2. The smallest absolute Gasteiger partial charge is 0.311 e. The lowest BCUT2D eigenvalue weighted by Gasteiger charge is -2.11. The molecule has 2 aromatic rings. The van der Waals surface area contributed by atoms with Gasteiger partial charge in [-0.1, -0.05) is 0 Å². The van der Waals surface area contributed by atoms with Gasteiger partial charge in [-0.15, -0.1) is 11.3 Å². The number of hydrogen-bond donors (Lipinski definition) is 2. The largest absolute Gasteiger partial charge is 0.477 e. The minimum Gasteiger partial charge on any atom is -0.477 e. The van der Waals surface area contributed by atoms with Gasteiger partial charge in [-0.3, -0.25) is 19.7 Å². The molecule has 142 valence electrons. The normalized spacial score (nSPS) is 12.9. The minimum atomic E-state index is -0.731. The maximum Gasteiger partial charge on any atom is 0.311 e. The molecular weight excluding hydrogens is 377 g/mol. The van der Waals surface area contributed by atoms with Crippen LogP contribution in [-0.2, 0) is 17.6 Å². The Kier molecular flexibility index (Phi) is 5.36. The molecule has 0 fully saturated rings. The van der Waals surface area contributed by atoms with Crippen LogP contribution in [-0.4, -0.2) is 23.3 Å². The van der Waals surface area contributed by atoms with Gasteiger partial charge in [0.2, 0.25) is 5.75 Å². The predicted octanol–water partition coefficient (Wildman–Crippen LogP) is 2.79. The molecule has 27 heavy (non-hydrogen) atoms. The van der Waals surface area contributed by atoms with E-state index in [9.17, 15) is 24.1 Å². The third-order valence-electron chi connectivity index (χ3n) is 4.15. The number of rotatable bonds is 6. The average Bonchev–Trinajstić information content (AvgIpc) is 2.97. The summed E-state index contributed by atoms with van der Waals surface area (Å²) >= 11 is 1.29. The second-order valence-electron chi connectivity index (χ2n) is 5.99. The molecule has 0 bridgehead atoms.